The predicted molar refractivity (Wildman–Crippen MR) is 78.4 cm³/mol. The second kappa shape index (κ2) is 4.95. The van der Waals surface area contributed by atoms with Crippen molar-refractivity contribution >= 4 is 5.91 Å². The van der Waals surface area contributed by atoms with Crippen LogP contribution in [0.25, 0.3) is 0 Å². The summed E-state index contributed by atoms with van der Waals surface area (Å²) in [5, 5.41) is 21.5. The first-order valence-corrected chi connectivity index (χ1v) is 7.68. The lowest BCUT2D eigenvalue weighted by atomic mass is 9.83. The van der Waals surface area contributed by atoms with Crippen molar-refractivity contribution in [3.63, 3.8) is 0 Å². The highest BCUT2D eigenvalue weighted by molar-refractivity contribution is 5.95. The number of aromatic nitrogens is 4. The van der Waals surface area contributed by atoms with Crippen LogP contribution in [-0.4, -0.2) is 42.7 Å². The largest absolute Gasteiger partial charge is 0.391 e. The first kappa shape index (κ1) is 13.5. The quantitative estimate of drug-likeness (QED) is 0.861. The molecule has 2 N–H and O–H groups in total. The number of fused-ring (bicyclic) bond motifs is 1. The molecule has 3 heterocycles. The molecule has 2 aromatic rings. The van der Waals surface area contributed by atoms with E-state index < -0.39 is 6.10 Å². The van der Waals surface area contributed by atoms with Gasteiger partial charge in [-0.05, 0) is 31.7 Å². The van der Waals surface area contributed by atoms with E-state index in [-0.39, 0.29) is 18.0 Å². The average Bonchev–Trinajstić information content (AvgIpc) is 3.14. The van der Waals surface area contributed by atoms with E-state index in [0.717, 1.165) is 30.6 Å². The monoisotopic (exact) mass is 301 g/mol. The Kier molecular flexibility index (Phi) is 3.04. The van der Waals surface area contributed by atoms with Gasteiger partial charge in [0, 0.05) is 12.7 Å². The van der Waals surface area contributed by atoms with Gasteiger partial charge >= 0.3 is 0 Å². The molecule has 2 aromatic heterocycles. The zero-order valence-electron chi connectivity index (χ0n) is 12.4. The Labute approximate surface area is 127 Å². The molecular weight excluding hydrogens is 282 g/mol. The standard InChI is InChI=1S/C15H19N5O2/c1-9-6-16-20(8-9)14-11(5-13(14)21)18-15(22)10-7-17-19-4-2-3-12(10)19/h6-8,11,13-14,21H,2-5H2,1H3,(H,18,22)/t11-,13+,14+/m0/s1. The van der Waals surface area contributed by atoms with Crippen molar-refractivity contribution in [3.05, 3.63) is 35.4 Å². The maximum atomic E-state index is 12.5. The Morgan fingerprint density at radius 3 is 3.00 bits per heavy atom. The molecule has 0 unspecified atom stereocenters. The van der Waals surface area contributed by atoms with Crippen LogP contribution in [0.1, 0.15) is 40.5 Å². The SMILES string of the molecule is Cc1cnn([C@H]2[C@H](O)C[C@@H]2NC(=O)c2cnn3c2CCC3)c1. The lowest BCUT2D eigenvalue weighted by Crippen LogP contribution is -2.56. The van der Waals surface area contributed by atoms with Gasteiger partial charge in [-0.1, -0.05) is 0 Å². The molecule has 1 fully saturated rings. The van der Waals surface area contributed by atoms with Crippen molar-refractivity contribution in [1.29, 1.82) is 0 Å². The van der Waals surface area contributed by atoms with Gasteiger partial charge in [0.05, 0.1) is 41.8 Å². The normalized spacial score (nSPS) is 26.5. The van der Waals surface area contributed by atoms with Crippen LogP contribution in [0, 0.1) is 6.92 Å². The second-order valence-electron chi connectivity index (χ2n) is 6.20. The summed E-state index contributed by atoms with van der Waals surface area (Å²) >= 11 is 0. The zero-order chi connectivity index (χ0) is 15.3. The highest BCUT2D eigenvalue weighted by atomic mass is 16.3. The molecule has 1 aliphatic heterocycles. The second-order valence-corrected chi connectivity index (χ2v) is 6.20. The zero-order valence-corrected chi connectivity index (χ0v) is 12.4. The van der Waals surface area contributed by atoms with Gasteiger partial charge in [-0.25, -0.2) is 0 Å². The number of hydrogen-bond donors (Lipinski definition) is 2. The van der Waals surface area contributed by atoms with E-state index in [1.165, 1.54) is 0 Å². The van der Waals surface area contributed by atoms with Crippen LogP contribution in [0.2, 0.25) is 0 Å². The number of carbonyl (C=O) groups excluding carboxylic acids is 1. The molecule has 22 heavy (non-hydrogen) atoms. The number of aliphatic hydroxyl groups is 1. The highest BCUT2D eigenvalue weighted by Gasteiger charge is 2.43. The molecule has 3 atom stereocenters. The predicted octanol–water partition coefficient (Wildman–Crippen LogP) is 0.439. The fraction of sp³-hybridized carbons (Fsp3) is 0.533. The number of rotatable bonds is 3. The summed E-state index contributed by atoms with van der Waals surface area (Å²) in [6.45, 7) is 2.85. The van der Waals surface area contributed by atoms with Crippen molar-refractivity contribution in [1.82, 2.24) is 24.9 Å². The summed E-state index contributed by atoms with van der Waals surface area (Å²) in [6.07, 6.45) is 7.32. The van der Waals surface area contributed by atoms with Gasteiger partial charge in [-0.3, -0.25) is 14.2 Å². The number of aliphatic hydroxyl groups excluding tert-OH is 1. The van der Waals surface area contributed by atoms with Gasteiger partial charge < -0.3 is 10.4 Å². The van der Waals surface area contributed by atoms with Gasteiger partial charge in [0.2, 0.25) is 0 Å². The topological polar surface area (TPSA) is 85.0 Å². The first-order valence-electron chi connectivity index (χ1n) is 7.68. The third kappa shape index (κ3) is 2.04. The van der Waals surface area contributed by atoms with Crippen LogP contribution in [0.3, 0.4) is 0 Å². The summed E-state index contributed by atoms with van der Waals surface area (Å²) in [5.41, 5.74) is 2.72. The molecule has 0 aromatic carbocycles. The van der Waals surface area contributed by atoms with Crippen LogP contribution in [-0.2, 0) is 13.0 Å². The van der Waals surface area contributed by atoms with Crippen molar-refractivity contribution in [2.75, 3.05) is 0 Å². The number of aryl methyl sites for hydroxylation is 2. The molecule has 2 aliphatic rings. The Hall–Kier alpha value is -2.15. The summed E-state index contributed by atoms with van der Waals surface area (Å²) < 4.78 is 3.65. The van der Waals surface area contributed by atoms with Crippen LogP contribution in [0.5, 0.6) is 0 Å². The summed E-state index contributed by atoms with van der Waals surface area (Å²) in [7, 11) is 0. The molecule has 116 valence electrons. The molecule has 7 nitrogen and oxygen atoms in total. The van der Waals surface area contributed by atoms with E-state index in [1.807, 2.05) is 17.8 Å². The highest BCUT2D eigenvalue weighted by Crippen LogP contribution is 2.33. The van der Waals surface area contributed by atoms with E-state index in [1.54, 1.807) is 17.1 Å². The molecule has 0 bridgehead atoms. The van der Waals surface area contributed by atoms with Crippen LogP contribution in [0.15, 0.2) is 18.6 Å². The minimum atomic E-state index is -0.470. The molecule has 4 rings (SSSR count). The minimum absolute atomic E-state index is 0.0984. The maximum absolute atomic E-state index is 12.5. The number of nitrogens with one attached hydrogen (secondary N) is 1. The third-order valence-corrected chi connectivity index (χ3v) is 4.63. The fourth-order valence-electron chi connectivity index (χ4n) is 3.41. The Balaban J connectivity index is 1.50. The van der Waals surface area contributed by atoms with E-state index in [9.17, 15) is 9.90 Å². The smallest absolute Gasteiger partial charge is 0.255 e. The van der Waals surface area contributed by atoms with Gasteiger partial charge in [0.1, 0.15) is 0 Å². The van der Waals surface area contributed by atoms with E-state index in [4.69, 9.17) is 0 Å². The Bertz CT molecular complexity index is 719. The molecule has 1 saturated carbocycles. The number of hydrogen-bond acceptors (Lipinski definition) is 4. The number of amides is 1. The lowest BCUT2D eigenvalue weighted by Gasteiger charge is -2.41. The van der Waals surface area contributed by atoms with Gasteiger partial charge in [-0.15, -0.1) is 0 Å². The Morgan fingerprint density at radius 1 is 1.41 bits per heavy atom. The molecule has 1 amide bonds. The van der Waals surface area contributed by atoms with Gasteiger partial charge in [0.15, 0.2) is 0 Å². The minimum Gasteiger partial charge on any atom is -0.391 e. The summed E-state index contributed by atoms with van der Waals surface area (Å²) in [6, 6.07) is -0.292. The van der Waals surface area contributed by atoms with E-state index >= 15 is 0 Å². The molecule has 7 heteroatoms. The van der Waals surface area contributed by atoms with Crippen molar-refractivity contribution < 1.29 is 9.90 Å². The van der Waals surface area contributed by atoms with Crippen molar-refractivity contribution in [2.24, 2.45) is 0 Å². The summed E-state index contributed by atoms with van der Waals surface area (Å²) in [4.78, 5) is 12.5. The molecule has 0 spiro atoms. The lowest BCUT2D eigenvalue weighted by molar-refractivity contribution is -0.00591. The molecule has 0 saturated heterocycles. The molecular formula is C15H19N5O2. The number of carbonyl (C=O) groups is 1. The third-order valence-electron chi connectivity index (χ3n) is 4.63. The van der Waals surface area contributed by atoms with Crippen LogP contribution >= 0.6 is 0 Å². The van der Waals surface area contributed by atoms with E-state index in [2.05, 4.69) is 15.5 Å². The van der Waals surface area contributed by atoms with Gasteiger partial charge in [0.25, 0.3) is 5.91 Å². The fourth-order valence-corrected chi connectivity index (χ4v) is 3.41. The first-order chi connectivity index (χ1) is 10.6. The van der Waals surface area contributed by atoms with E-state index in [0.29, 0.717) is 12.0 Å². The molecule has 1 aliphatic carbocycles. The summed E-state index contributed by atoms with van der Waals surface area (Å²) in [5.74, 6) is -0.103. The van der Waals surface area contributed by atoms with Crippen LogP contribution < -0.4 is 5.32 Å². The maximum Gasteiger partial charge on any atom is 0.255 e. The van der Waals surface area contributed by atoms with Gasteiger partial charge in [-0.2, -0.15) is 10.2 Å². The number of nitrogens with zero attached hydrogens (tertiary/aromatic N) is 4. The van der Waals surface area contributed by atoms with Crippen molar-refractivity contribution in [3.8, 4) is 0 Å². The average molecular weight is 301 g/mol. The molecule has 0 radical (unpaired) electrons. The van der Waals surface area contributed by atoms with Crippen LogP contribution in [0.4, 0.5) is 0 Å². The Morgan fingerprint density at radius 2 is 2.27 bits per heavy atom. The van der Waals surface area contributed by atoms with Crippen molar-refractivity contribution in [2.45, 2.75) is 50.9 Å².